The normalized spacial score (nSPS) is 17.8. The van der Waals surface area contributed by atoms with E-state index in [1.165, 1.54) is 0 Å². The Morgan fingerprint density at radius 3 is 2.70 bits per heavy atom. The number of esters is 1. The zero-order chi connectivity index (χ0) is 14.4. The molecule has 0 radical (unpaired) electrons. The third kappa shape index (κ3) is 3.81. The summed E-state index contributed by atoms with van der Waals surface area (Å²) in [6.07, 6.45) is 1.94. The van der Waals surface area contributed by atoms with E-state index in [1.807, 2.05) is 12.1 Å². The minimum absolute atomic E-state index is 0.0389. The van der Waals surface area contributed by atoms with Crippen LogP contribution in [0.1, 0.15) is 35.7 Å². The smallest absolute Gasteiger partial charge is 0.338 e. The minimum atomic E-state index is -0.321. The summed E-state index contributed by atoms with van der Waals surface area (Å²) in [6, 6.07) is 7.03. The number of benzene rings is 1. The molecule has 5 nitrogen and oxygen atoms in total. The van der Waals surface area contributed by atoms with Crippen molar-refractivity contribution in [3.8, 4) is 0 Å². The van der Waals surface area contributed by atoms with Gasteiger partial charge in [-0.15, -0.1) is 0 Å². The Bertz CT molecular complexity index is 465. The molecule has 108 valence electrons. The molecule has 2 N–H and O–H groups in total. The second-order valence-electron chi connectivity index (χ2n) is 4.78. The number of carbonyl (C=O) groups excluding carboxylic acids is 2. The molecule has 0 aromatic heterocycles. The molecular formula is C15H20N2O3. The third-order valence-corrected chi connectivity index (χ3v) is 3.31. The van der Waals surface area contributed by atoms with E-state index in [0.717, 1.165) is 24.9 Å². The average molecular weight is 276 g/mol. The summed E-state index contributed by atoms with van der Waals surface area (Å²) in [5, 5.41) is 6.05. The van der Waals surface area contributed by atoms with E-state index in [9.17, 15) is 9.59 Å². The Morgan fingerprint density at radius 1 is 1.35 bits per heavy atom. The lowest BCUT2D eigenvalue weighted by Gasteiger charge is -2.11. The van der Waals surface area contributed by atoms with Gasteiger partial charge in [0, 0.05) is 6.54 Å². The predicted octanol–water partition coefficient (Wildman–Crippen LogP) is 1.23. The highest BCUT2D eigenvalue weighted by molar-refractivity contribution is 5.89. The number of hydrogen-bond donors (Lipinski definition) is 2. The van der Waals surface area contributed by atoms with E-state index >= 15 is 0 Å². The molecule has 0 saturated carbocycles. The second kappa shape index (κ2) is 7.05. The lowest BCUT2D eigenvalue weighted by Crippen LogP contribution is -2.39. The Hall–Kier alpha value is -1.88. The molecule has 1 aromatic rings. The number of rotatable bonds is 5. The summed E-state index contributed by atoms with van der Waals surface area (Å²) in [5.74, 6) is -0.282. The molecule has 20 heavy (non-hydrogen) atoms. The highest BCUT2D eigenvalue weighted by Crippen LogP contribution is 2.08. The van der Waals surface area contributed by atoms with Gasteiger partial charge in [0.15, 0.2) is 0 Å². The van der Waals surface area contributed by atoms with Gasteiger partial charge in [-0.05, 0) is 44.0 Å². The van der Waals surface area contributed by atoms with Crippen molar-refractivity contribution in [1.29, 1.82) is 0 Å². The molecule has 1 unspecified atom stereocenters. The Balaban J connectivity index is 1.84. The van der Waals surface area contributed by atoms with Crippen LogP contribution in [0.4, 0.5) is 0 Å². The summed E-state index contributed by atoms with van der Waals surface area (Å²) in [4.78, 5) is 23.3. The molecule has 0 aliphatic carbocycles. The molecular weight excluding hydrogens is 256 g/mol. The van der Waals surface area contributed by atoms with E-state index in [4.69, 9.17) is 4.74 Å². The van der Waals surface area contributed by atoms with Crippen LogP contribution in [-0.2, 0) is 16.1 Å². The highest BCUT2D eigenvalue weighted by atomic mass is 16.5. The van der Waals surface area contributed by atoms with Gasteiger partial charge in [-0.1, -0.05) is 12.1 Å². The quantitative estimate of drug-likeness (QED) is 0.794. The van der Waals surface area contributed by atoms with Crippen LogP contribution in [-0.4, -0.2) is 31.1 Å². The Morgan fingerprint density at radius 2 is 2.10 bits per heavy atom. The van der Waals surface area contributed by atoms with E-state index in [-0.39, 0.29) is 17.9 Å². The first-order valence-electron chi connectivity index (χ1n) is 6.98. The van der Waals surface area contributed by atoms with Gasteiger partial charge in [0.2, 0.25) is 5.91 Å². The monoisotopic (exact) mass is 276 g/mol. The number of hydrogen-bond acceptors (Lipinski definition) is 4. The maximum absolute atomic E-state index is 11.8. The van der Waals surface area contributed by atoms with Crippen molar-refractivity contribution < 1.29 is 14.3 Å². The fraction of sp³-hybridized carbons (Fsp3) is 0.467. The molecule has 5 heteroatoms. The lowest BCUT2D eigenvalue weighted by atomic mass is 10.1. The molecule has 1 aliphatic rings. The largest absolute Gasteiger partial charge is 0.462 e. The molecule has 1 heterocycles. The van der Waals surface area contributed by atoms with Crippen LogP contribution in [0.5, 0.6) is 0 Å². The molecule has 1 atom stereocenters. The molecule has 1 fully saturated rings. The van der Waals surface area contributed by atoms with E-state index in [0.29, 0.717) is 18.7 Å². The average Bonchev–Trinajstić information content (AvgIpc) is 3.00. The first-order valence-corrected chi connectivity index (χ1v) is 6.98. The molecule has 1 amide bonds. The van der Waals surface area contributed by atoms with Crippen molar-refractivity contribution in [2.24, 2.45) is 0 Å². The van der Waals surface area contributed by atoms with Crippen LogP contribution in [0.15, 0.2) is 24.3 Å². The van der Waals surface area contributed by atoms with Crippen LogP contribution in [0.3, 0.4) is 0 Å². The number of nitrogens with one attached hydrogen (secondary N) is 2. The van der Waals surface area contributed by atoms with Crippen LogP contribution in [0, 0.1) is 0 Å². The second-order valence-corrected chi connectivity index (χ2v) is 4.78. The van der Waals surface area contributed by atoms with Crippen molar-refractivity contribution in [3.05, 3.63) is 35.4 Å². The molecule has 0 spiro atoms. The van der Waals surface area contributed by atoms with Gasteiger partial charge in [0.1, 0.15) is 0 Å². The zero-order valence-corrected chi connectivity index (χ0v) is 11.6. The molecule has 1 saturated heterocycles. The van der Waals surface area contributed by atoms with Crippen LogP contribution < -0.4 is 10.6 Å². The van der Waals surface area contributed by atoms with Gasteiger partial charge < -0.3 is 15.4 Å². The van der Waals surface area contributed by atoms with Crippen LogP contribution >= 0.6 is 0 Å². The summed E-state index contributed by atoms with van der Waals surface area (Å²) in [7, 11) is 0. The van der Waals surface area contributed by atoms with E-state index < -0.39 is 0 Å². The van der Waals surface area contributed by atoms with Crippen molar-refractivity contribution in [3.63, 3.8) is 0 Å². The summed E-state index contributed by atoms with van der Waals surface area (Å²) in [6.45, 7) is 3.52. The van der Waals surface area contributed by atoms with Crippen molar-refractivity contribution in [1.82, 2.24) is 10.6 Å². The van der Waals surface area contributed by atoms with Crippen molar-refractivity contribution in [2.45, 2.75) is 32.4 Å². The first-order chi connectivity index (χ1) is 9.70. The molecule has 0 bridgehead atoms. The van der Waals surface area contributed by atoms with Gasteiger partial charge >= 0.3 is 5.97 Å². The summed E-state index contributed by atoms with van der Waals surface area (Å²) < 4.78 is 4.92. The SMILES string of the molecule is CCOC(=O)c1ccc(CNC(=O)C2CCCN2)cc1. The molecule has 1 aromatic carbocycles. The number of carbonyl (C=O) groups is 2. The van der Waals surface area contributed by atoms with Crippen molar-refractivity contribution >= 4 is 11.9 Å². The van der Waals surface area contributed by atoms with E-state index in [2.05, 4.69) is 10.6 Å². The Labute approximate surface area is 118 Å². The minimum Gasteiger partial charge on any atom is -0.462 e. The maximum atomic E-state index is 11.8. The maximum Gasteiger partial charge on any atom is 0.338 e. The fourth-order valence-electron chi connectivity index (χ4n) is 2.19. The fourth-order valence-corrected chi connectivity index (χ4v) is 2.19. The zero-order valence-electron chi connectivity index (χ0n) is 11.6. The van der Waals surface area contributed by atoms with Gasteiger partial charge in [0.25, 0.3) is 0 Å². The lowest BCUT2D eigenvalue weighted by molar-refractivity contribution is -0.122. The standard InChI is InChI=1S/C15H20N2O3/c1-2-20-15(19)12-7-5-11(6-8-12)10-17-14(18)13-4-3-9-16-13/h5-8,13,16H,2-4,9-10H2,1H3,(H,17,18). The van der Waals surface area contributed by atoms with E-state index in [1.54, 1.807) is 19.1 Å². The van der Waals surface area contributed by atoms with Crippen LogP contribution in [0.25, 0.3) is 0 Å². The van der Waals surface area contributed by atoms with Gasteiger partial charge in [-0.25, -0.2) is 4.79 Å². The summed E-state index contributed by atoms with van der Waals surface area (Å²) in [5.41, 5.74) is 1.49. The Kier molecular flexibility index (Phi) is 5.12. The topological polar surface area (TPSA) is 67.4 Å². The third-order valence-electron chi connectivity index (χ3n) is 3.31. The highest BCUT2D eigenvalue weighted by Gasteiger charge is 2.21. The van der Waals surface area contributed by atoms with Gasteiger partial charge in [-0.2, -0.15) is 0 Å². The van der Waals surface area contributed by atoms with Gasteiger partial charge in [-0.3, -0.25) is 4.79 Å². The van der Waals surface area contributed by atoms with Gasteiger partial charge in [0.05, 0.1) is 18.2 Å². The first kappa shape index (κ1) is 14.5. The summed E-state index contributed by atoms with van der Waals surface area (Å²) >= 11 is 0. The number of amides is 1. The van der Waals surface area contributed by atoms with Crippen molar-refractivity contribution in [2.75, 3.05) is 13.2 Å². The number of ether oxygens (including phenoxy) is 1. The van der Waals surface area contributed by atoms with Crippen LogP contribution in [0.2, 0.25) is 0 Å². The molecule has 2 rings (SSSR count). The predicted molar refractivity (Wildman–Crippen MR) is 75.3 cm³/mol. The molecule has 1 aliphatic heterocycles.